The highest BCUT2D eigenvalue weighted by molar-refractivity contribution is 6.01. The first-order chi connectivity index (χ1) is 12.3. The lowest BCUT2D eigenvalue weighted by atomic mass is 10.1. The summed E-state index contributed by atoms with van der Waals surface area (Å²) < 4.78 is 12.3. The number of esters is 1. The Bertz CT molecular complexity index is 822. The van der Waals surface area contributed by atoms with E-state index in [1.165, 1.54) is 6.07 Å². The Morgan fingerprint density at radius 2 is 1.88 bits per heavy atom. The Hall–Kier alpha value is -2.60. The molecule has 0 aliphatic rings. The zero-order valence-electron chi connectivity index (χ0n) is 15.8. The van der Waals surface area contributed by atoms with Gasteiger partial charge in [0.2, 0.25) is 5.78 Å². The normalized spacial score (nSPS) is 12.0. The summed E-state index contributed by atoms with van der Waals surface area (Å²) in [5.41, 5.74) is 2.90. The fourth-order valence-electron chi connectivity index (χ4n) is 3.16. The van der Waals surface area contributed by atoms with Crippen LogP contribution in [0, 0.1) is 20.8 Å². The van der Waals surface area contributed by atoms with Crippen molar-refractivity contribution in [1.82, 2.24) is 4.57 Å². The van der Waals surface area contributed by atoms with Gasteiger partial charge in [-0.15, -0.1) is 0 Å². The van der Waals surface area contributed by atoms with E-state index in [0.29, 0.717) is 17.7 Å². The fraction of sp³-hybridized carbons (Fsp3) is 0.400. The van der Waals surface area contributed by atoms with Crippen LogP contribution in [0.2, 0.25) is 0 Å². The summed E-state index contributed by atoms with van der Waals surface area (Å²) in [7, 11) is 1.64. The van der Waals surface area contributed by atoms with Gasteiger partial charge in [-0.05, 0) is 45.4 Å². The number of Topliss-reactive ketones (excluding diaryl/α,β-unsaturated/α-hetero) is 1. The maximum atomic E-state index is 12.5. The predicted octanol–water partition coefficient (Wildman–Crippen LogP) is 3.37. The number of nitrogens with zero attached hydrogens (tertiary/aromatic N) is 1. The molecule has 0 spiro atoms. The van der Waals surface area contributed by atoms with Gasteiger partial charge < -0.3 is 19.1 Å². The van der Waals surface area contributed by atoms with Crippen LogP contribution in [0.3, 0.4) is 0 Å². The van der Waals surface area contributed by atoms with E-state index in [-0.39, 0.29) is 29.7 Å². The lowest BCUT2D eigenvalue weighted by Gasteiger charge is -2.17. The molecule has 6 nitrogen and oxygen atoms in total. The molecule has 0 radical (unpaired) electrons. The number of ether oxygens (including phenoxy) is 2. The number of methoxy groups -OCH3 is 1. The summed E-state index contributed by atoms with van der Waals surface area (Å²) >= 11 is 0. The number of aromatic nitrogens is 1. The van der Waals surface area contributed by atoms with Crippen LogP contribution in [0.4, 0.5) is 0 Å². The van der Waals surface area contributed by atoms with Gasteiger partial charge in [0.15, 0.2) is 6.61 Å². The number of hydrogen-bond donors (Lipinski definition) is 1. The summed E-state index contributed by atoms with van der Waals surface area (Å²) in [5.74, 6) is -1.13. The molecule has 1 aromatic heterocycles. The van der Waals surface area contributed by atoms with Crippen LogP contribution in [0.15, 0.2) is 24.3 Å². The third-order valence-corrected chi connectivity index (χ3v) is 4.43. The second-order valence-corrected chi connectivity index (χ2v) is 6.43. The highest BCUT2D eigenvalue weighted by Crippen LogP contribution is 2.23. The highest BCUT2D eigenvalue weighted by Gasteiger charge is 2.21. The summed E-state index contributed by atoms with van der Waals surface area (Å²) in [5, 5.41) is 9.94. The van der Waals surface area contributed by atoms with E-state index in [1.807, 2.05) is 25.3 Å². The van der Waals surface area contributed by atoms with Crippen LogP contribution >= 0.6 is 0 Å². The topological polar surface area (TPSA) is 77.8 Å². The van der Waals surface area contributed by atoms with Gasteiger partial charge in [-0.3, -0.25) is 4.79 Å². The smallest absolute Gasteiger partial charge is 0.342 e. The van der Waals surface area contributed by atoms with Crippen molar-refractivity contribution in [1.29, 1.82) is 0 Å². The number of phenols is 1. The fourth-order valence-corrected chi connectivity index (χ4v) is 3.16. The third-order valence-electron chi connectivity index (χ3n) is 4.43. The number of carbonyl (C=O) groups is 2. The van der Waals surface area contributed by atoms with Crippen LogP contribution in [-0.4, -0.2) is 41.7 Å². The molecule has 0 aliphatic heterocycles. The number of aromatic hydroxyl groups is 1. The highest BCUT2D eigenvalue weighted by atomic mass is 16.5. The van der Waals surface area contributed by atoms with Gasteiger partial charge >= 0.3 is 5.97 Å². The largest absolute Gasteiger partial charge is 0.507 e. The molecule has 140 valence electrons. The lowest BCUT2D eigenvalue weighted by Crippen LogP contribution is -2.17. The average molecular weight is 359 g/mol. The molecule has 2 aromatic rings. The number of ketones is 1. The van der Waals surface area contributed by atoms with E-state index in [1.54, 1.807) is 32.2 Å². The lowest BCUT2D eigenvalue weighted by molar-refractivity contribution is 0.0471. The van der Waals surface area contributed by atoms with Crippen LogP contribution < -0.4 is 0 Å². The van der Waals surface area contributed by atoms with Gasteiger partial charge in [0.05, 0.1) is 12.6 Å². The Morgan fingerprint density at radius 3 is 2.54 bits per heavy atom. The molecule has 0 bridgehead atoms. The Labute approximate surface area is 153 Å². The summed E-state index contributed by atoms with van der Waals surface area (Å²) in [6.45, 7) is 7.64. The number of para-hydroxylation sites is 1. The Balaban J connectivity index is 2.12. The number of benzene rings is 1. The van der Waals surface area contributed by atoms with Crippen molar-refractivity contribution in [3.8, 4) is 5.75 Å². The third kappa shape index (κ3) is 3.96. The van der Waals surface area contributed by atoms with Crippen molar-refractivity contribution < 1.29 is 24.2 Å². The van der Waals surface area contributed by atoms with Crippen molar-refractivity contribution in [3.05, 3.63) is 52.3 Å². The average Bonchev–Trinajstić information content (AvgIpc) is 2.89. The van der Waals surface area contributed by atoms with Crippen molar-refractivity contribution in [2.24, 2.45) is 0 Å². The second-order valence-electron chi connectivity index (χ2n) is 6.43. The first-order valence-corrected chi connectivity index (χ1v) is 8.44. The molecule has 0 fully saturated rings. The minimum Gasteiger partial charge on any atom is -0.507 e. The Kier molecular flexibility index (Phi) is 6.21. The van der Waals surface area contributed by atoms with Crippen LogP contribution in [0.5, 0.6) is 5.75 Å². The van der Waals surface area contributed by atoms with Gasteiger partial charge in [0.1, 0.15) is 11.3 Å². The van der Waals surface area contributed by atoms with E-state index in [0.717, 1.165) is 11.4 Å². The van der Waals surface area contributed by atoms with Crippen molar-refractivity contribution in [3.63, 3.8) is 0 Å². The number of hydrogen-bond acceptors (Lipinski definition) is 5. The van der Waals surface area contributed by atoms with Gasteiger partial charge in [0.25, 0.3) is 0 Å². The first-order valence-electron chi connectivity index (χ1n) is 8.44. The molecule has 2 rings (SSSR count). The second kappa shape index (κ2) is 8.19. The van der Waals surface area contributed by atoms with Crippen LogP contribution in [0.25, 0.3) is 0 Å². The SMILES string of the molecule is COC[C@@H](C)n1c(C)cc(C(=O)COC(=O)c2cccc(C)c2O)c1C. The molecular formula is C20H25NO5. The maximum absolute atomic E-state index is 12.5. The van der Waals surface area contributed by atoms with E-state index in [9.17, 15) is 14.7 Å². The standard InChI is InChI=1S/C20H25NO5/c1-12-7-6-8-16(19(12)23)20(24)26-11-18(22)17-9-13(2)21(15(17)4)14(3)10-25-5/h6-9,14,23H,10-11H2,1-5H3/t14-/m1/s1. The monoisotopic (exact) mass is 359 g/mol. The molecule has 0 saturated heterocycles. The molecule has 0 aliphatic carbocycles. The van der Waals surface area contributed by atoms with Crippen molar-refractivity contribution in [2.45, 2.75) is 33.7 Å². The van der Waals surface area contributed by atoms with Crippen LogP contribution in [0.1, 0.15) is 50.6 Å². The van der Waals surface area contributed by atoms with Crippen LogP contribution in [-0.2, 0) is 9.47 Å². The van der Waals surface area contributed by atoms with E-state index in [4.69, 9.17) is 9.47 Å². The molecule has 1 heterocycles. The van der Waals surface area contributed by atoms with Gasteiger partial charge in [-0.2, -0.15) is 0 Å². The Morgan fingerprint density at radius 1 is 1.19 bits per heavy atom. The molecule has 6 heteroatoms. The van der Waals surface area contributed by atoms with E-state index >= 15 is 0 Å². The maximum Gasteiger partial charge on any atom is 0.342 e. The summed E-state index contributed by atoms with van der Waals surface area (Å²) in [4.78, 5) is 24.7. The molecule has 0 unspecified atom stereocenters. The minimum atomic E-state index is -0.721. The summed E-state index contributed by atoms with van der Waals surface area (Å²) in [6.07, 6.45) is 0. The van der Waals surface area contributed by atoms with Gasteiger partial charge in [0, 0.05) is 24.1 Å². The number of phenolic OH excluding ortho intramolecular Hbond substituents is 1. The van der Waals surface area contributed by atoms with E-state index in [2.05, 4.69) is 0 Å². The van der Waals surface area contributed by atoms with Crippen molar-refractivity contribution >= 4 is 11.8 Å². The zero-order chi connectivity index (χ0) is 19.4. The molecule has 1 atom stereocenters. The number of carbonyl (C=O) groups excluding carboxylic acids is 2. The molecule has 1 aromatic carbocycles. The zero-order valence-corrected chi connectivity index (χ0v) is 15.8. The number of aryl methyl sites for hydroxylation is 2. The van der Waals surface area contributed by atoms with Gasteiger partial charge in [-0.1, -0.05) is 12.1 Å². The quantitative estimate of drug-likeness (QED) is 0.606. The predicted molar refractivity (Wildman–Crippen MR) is 97.9 cm³/mol. The first kappa shape index (κ1) is 19.7. The minimum absolute atomic E-state index is 0.0528. The molecule has 0 amide bonds. The summed E-state index contributed by atoms with van der Waals surface area (Å²) in [6, 6.07) is 6.69. The van der Waals surface area contributed by atoms with Crippen molar-refractivity contribution in [2.75, 3.05) is 20.3 Å². The molecule has 26 heavy (non-hydrogen) atoms. The molecule has 0 saturated carbocycles. The molecular weight excluding hydrogens is 334 g/mol. The van der Waals surface area contributed by atoms with Gasteiger partial charge in [-0.25, -0.2) is 4.79 Å². The molecule has 1 N–H and O–H groups in total. The number of rotatable bonds is 7. The van der Waals surface area contributed by atoms with E-state index < -0.39 is 5.97 Å².